The van der Waals surface area contributed by atoms with Crippen LogP contribution in [-0.4, -0.2) is 35.4 Å². The van der Waals surface area contributed by atoms with Gasteiger partial charge >= 0.3 is 0 Å². The maximum absolute atomic E-state index is 11.3. The lowest BCUT2D eigenvalue weighted by Gasteiger charge is -2.35. The minimum Gasteiger partial charge on any atom is -0.387 e. The number of rotatable bonds is 12. The molecule has 1 aliphatic carbocycles. The quantitative estimate of drug-likeness (QED) is 0.390. The normalized spacial score (nSPS) is 16.0. The molecule has 1 N–H and O–H groups in total. The van der Waals surface area contributed by atoms with Crippen LogP contribution in [0, 0.1) is 0 Å². The number of aliphatic hydroxyl groups excluding tert-OH is 1. The van der Waals surface area contributed by atoms with Gasteiger partial charge in [0.15, 0.2) is 0 Å². The summed E-state index contributed by atoms with van der Waals surface area (Å²) in [5, 5.41) is 11.3. The molecule has 0 saturated heterocycles. The number of nitrogens with zero attached hydrogens (tertiary/aromatic N) is 1. The van der Waals surface area contributed by atoms with Crippen LogP contribution >= 0.6 is 0 Å². The highest BCUT2D eigenvalue weighted by molar-refractivity contribution is 5.20. The average molecular weight is 394 g/mol. The predicted octanol–water partition coefficient (Wildman–Crippen LogP) is 5.35. The Labute approximate surface area is 176 Å². The van der Waals surface area contributed by atoms with Crippen molar-refractivity contribution in [3.63, 3.8) is 0 Å². The molecule has 29 heavy (non-hydrogen) atoms. The minimum atomic E-state index is -0.480. The molecule has 0 unspecified atom stereocenters. The summed E-state index contributed by atoms with van der Waals surface area (Å²) >= 11 is 0. The average Bonchev–Trinajstić information content (AvgIpc) is 3.30. The lowest BCUT2D eigenvalue weighted by molar-refractivity contribution is -0.00588. The first-order chi connectivity index (χ1) is 14.3. The molecule has 0 bridgehead atoms. The van der Waals surface area contributed by atoms with Crippen molar-refractivity contribution in [1.29, 1.82) is 0 Å². The fourth-order valence-corrected chi connectivity index (χ4v) is 3.98. The summed E-state index contributed by atoms with van der Waals surface area (Å²) in [6.07, 6.45) is 7.15. The van der Waals surface area contributed by atoms with Crippen LogP contribution in [0.3, 0.4) is 0 Å². The Morgan fingerprint density at radius 1 is 0.966 bits per heavy atom. The van der Waals surface area contributed by atoms with Gasteiger partial charge in [-0.15, -0.1) is 0 Å². The molecular weight excluding hydrogens is 358 g/mol. The summed E-state index contributed by atoms with van der Waals surface area (Å²) in [5.41, 5.74) is 3.70. The number of hydrogen-bond donors (Lipinski definition) is 1. The third-order valence-electron chi connectivity index (χ3n) is 5.68. The second kappa shape index (κ2) is 11.9. The number of aliphatic hydroxyl groups is 1. The van der Waals surface area contributed by atoms with Gasteiger partial charge in [-0.1, -0.05) is 80.1 Å². The fraction of sp³-hybridized carbons (Fsp3) is 0.462. The van der Waals surface area contributed by atoms with E-state index in [9.17, 15) is 5.11 Å². The molecule has 2 atom stereocenters. The number of benzene rings is 2. The fourth-order valence-electron chi connectivity index (χ4n) is 3.98. The summed E-state index contributed by atoms with van der Waals surface area (Å²) in [6, 6.07) is 21.0. The molecule has 0 fully saturated rings. The SMILES string of the molecule is CCCCOC[C@@H]([C@@H](O)C1=CCCC1)N(Cc1ccccc1)Cc1ccccc1. The first kappa shape index (κ1) is 21.8. The highest BCUT2D eigenvalue weighted by atomic mass is 16.5. The number of ether oxygens (including phenoxy) is 1. The van der Waals surface area contributed by atoms with Crippen molar-refractivity contribution < 1.29 is 9.84 Å². The molecular formula is C26H35NO2. The molecule has 2 aromatic carbocycles. The second-order valence-corrected chi connectivity index (χ2v) is 7.99. The van der Waals surface area contributed by atoms with E-state index in [2.05, 4.69) is 78.6 Å². The van der Waals surface area contributed by atoms with Crippen LogP contribution in [0.5, 0.6) is 0 Å². The van der Waals surface area contributed by atoms with Crippen LogP contribution in [0.2, 0.25) is 0 Å². The van der Waals surface area contributed by atoms with Crippen molar-refractivity contribution in [2.75, 3.05) is 13.2 Å². The molecule has 0 aliphatic heterocycles. The van der Waals surface area contributed by atoms with Crippen molar-refractivity contribution in [2.45, 2.75) is 64.3 Å². The molecule has 0 heterocycles. The monoisotopic (exact) mass is 393 g/mol. The molecule has 156 valence electrons. The van der Waals surface area contributed by atoms with Crippen molar-refractivity contribution in [3.05, 3.63) is 83.4 Å². The van der Waals surface area contributed by atoms with Crippen LogP contribution in [0.1, 0.15) is 50.2 Å². The molecule has 2 aromatic rings. The molecule has 3 nitrogen and oxygen atoms in total. The third kappa shape index (κ3) is 6.81. The van der Waals surface area contributed by atoms with Gasteiger partial charge in [-0.25, -0.2) is 0 Å². The predicted molar refractivity (Wildman–Crippen MR) is 120 cm³/mol. The van der Waals surface area contributed by atoms with E-state index in [1.54, 1.807) is 0 Å². The van der Waals surface area contributed by atoms with E-state index in [0.29, 0.717) is 6.61 Å². The van der Waals surface area contributed by atoms with Crippen molar-refractivity contribution in [3.8, 4) is 0 Å². The van der Waals surface area contributed by atoms with Crippen molar-refractivity contribution in [2.24, 2.45) is 0 Å². The van der Waals surface area contributed by atoms with Crippen LogP contribution in [0.25, 0.3) is 0 Å². The lowest BCUT2D eigenvalue weighted by Crippen LogP contribution is -2.46. The van der Waals surface area contributed by atoms with Crippen molar-refractivity contribution in [1.82, 2.24) is 4.90 Å². The molecule has 0 spiro atoms. The lowest BCUT2D eigenvalue weighted by atomic mass is 9.99. The smallest absolute Gasteiger partial charge is 0.0927 e. The van der Waals surface area contributed by atoms with Gasteiger partial charge in [0, 0.05) is 19.7 Å². The Kier molecular flexibility index (Phi) is 8.94. The van der Waals surface area contributed by atoms with E-state index in [0.717, 1.165) is 51.8 Å². The summed E-state index contributed by atoms with van der Waals surface area (Å²) in [7, 11) is 0. The Balaban J connectivity index is 1.82. The van der Waals surface area contributed by atoms with Gasteiger partial charge in [0.25, 0.3) is 0 Å². The largest absolute Gasteiger partial charge is 0.387 e. The van der Waals surface area contributed by atoms with Gasteiger partial charge in [-0.2, -0.15) is 0 Å². The van der Waals surface area contributed by atoms with Gasteiger partial charge in [0.2, 0.25) is 0 Å². The highest BCUT2D eigenvalue weighted by Crippen LogP contribution is 2.26. The van der Waals surface area contributed by atoms with Gasteiger partial charge in [-0.3, -0.25) is 4.90 Å². The van der Waals surface area contributed by atoms with Gasteiger partial charge in [-0.05, 0) is 42.4 Å². The van der Waals surface area contributed by atoms with E-state index < -0.39 is 6.10 Å². The zero-order valence-electron chi connectivity index (χ0n) is 17.7. The zero-order chi connectivity index (χ0) is 20.3. The van der Waals surface area contributed by atoms with E-state index in [1.165, 1.54) is 16.7 Å². The van der Waals surface area contributed by atoms with Crippen LogP contribution in [0.4, 0.5) is 0 Å². The highest BCUT2D eigenvalue weighted by Gasteiger charge is 2.30. The first-order valence-corrected chi connectivity index (χ1v) is 11.0. The number of hydrogen-bond acceptors (Lipinski definition) is 3. The summed E-state index contributed by atoms with van der Waals surface area (Å²) in [4.78, 5) is 2.39. The van der Waals surface area contributed by atoms with Gasteiger partial charge < -0.3 is 9.84 Å². The Hall–Kier alpha value is -1.94. The maximum atomic E-state index is 11.3. The Morgan fingerprint density at radius 2 is 1.59 bits per heavy atom. The van der Waals surface area contributed by atoms with E-state index >= 15 is 0 Å². The molecule has 0 radical (unpaired) electrons. The van der Waals surface area contributed by atoms with Crippen molar-refractivity contribution >= 4 is 0 Å². The van der Waals surface area contributed by atoms with Crippen LogP contribution in [-0.2, 0) is 17.8 Å². The van der Waals surface area contributed by atoms with Crippen LogP contribution in [0.15, 0.2) is 72.3 Å². The topological polar surface area (TPSA) is 32.7 Å². The molecule has 3 heteroatoms. The minimum absolute atomic E-state index is 0.0587. The molecule has 0 saturated carbocycles. The summed E-state index contributed by atoms with van der Waals surface area (Å²) in [6.45, 7) is 5.07. The standard InChI is InChI=1S/C26H35NO2/c1-2-3-18-29-21-25(26(28)24-16-10-11-17-24)27(19-22-12-6-4-7-13-22)20-23-14-8-5-9-15-23/h4-9,12-16,25-26,28H,2-3,10-11,17-21H2,1H3/t25-,26-/m0/s1. The zero-order valence-corrected chi connectivity index (χ0v) is 17.7. The van der Waals surface area contributed by atoms with Gasteiger partial charge in [0.1, 0.15) is 0 Å². The van der Waals surface area contributed by atoms with E-state index in [1.807, 2.05) is 0 Å². The molecule has 1 aliphatic rings. The maximum Gasteiger partial charge on any atom is 0.0927 e. The molecule has 0 amide bonds. The molecule has 0 aromatic heterocycles. The first-order valence-electron chi connectivity index (χ1n) is 11.0. The Morgan fingerprint density at radius 3 is 2.10 bits per heavy atom. The molecule has 3 rings (SSSR count). The van der Waals surface area contributed by atoms with E-state index in [-0.39, 0.29) is 6.04 Å². The number of allylic oxidation sites excluding steroid dienone is 1. The summed E-state index contributed by atoms with van der Waals surface area (Å²) in [5.74, 6) is 0. The van der Waals surface area contributed by atoms with Crippen LogP contribution < -0.4 is 0 Å². The summed E-state index contributed by atoms with van der Waals surface area (Å²) < 4.78 is 6.04. The number of unbranched alkanes of at least 4 members (excludes halogenated alkanes) is 1. The van der Waals surface area contributed by atoms with E-state index in [4.69, 9.17) is 4.74 Å². The Bertz CT molecular complexity index is 687. The van der Waals surface area contributed by atoms with Gasteiger partial charge in [0.05, 0.1) is 18.8 Å². The second-order valence-electron chi connectivity index (χ2n) is 7.99. The third-order valence-corrected chi connectivity index (χ3v) is 5.68.